The van der Waals surface area contributed by atoms with E-state index in [0.717, 1.165) is 39.0 Å². The van der Waals surface area contributed by atoms with Crippen molar-refractivity contribution in [1.82, 2.24) is 10.2 Å². The third-order valence-corrected chi connectivity index (χ3v) is 5.11. The molecule has 1 N–H and O–H groups in total. The quantitative estimate of drug-likeness (QED) is 0.754. The molecule has 1 aliphatic heterocycles. The summed E-state index contributed by atoms with van der Waals surface area (Å²) in [5.41, 5.74) is 0. The van der Waals surface area contributed by atoms with Crippen molar-refractivity contribution in [3.8, 4) is 0 Å². The summed E-state index contributed by atoms with van der Waals surface area (Å²) in [6.07, 6.45) is 2.65. The maximum absolute atomic E-state index is 13.5. The van der Waals surface area contributed by atoms with E-state index in [9.17, 15) is 9.18 Å². The molecular weight excluding hydrogens is 335 g/mol. The molecule has 0 unspecified atom stereocenters. The highest BCUT2D eigenvalue weighted by Crippen LogP contribution is 2.23. The van der Waals surface area contributed by atoms with E-state index in [0.29, 0.717) is 23.0 Å². The van der Waals surface area contributed by atoms with Crippen LogP contribution in [0.2, 0.25) is 0 Å². The van der Waals surface area contributed by atoms with E-state index in [4.69, 9.17) is 0 Å². The van der Waals surface area contributed by atoms with Gasteiger partial charge in [0.2, 0.25) is 5.91 Å². The Balaban J connectivity index is 0.00000264. The van der Waals surface area contributed by atoms with E-state index in [1.54, 1.807) is 12.1 Å². The van der Waals surface area contributed by atoms with Crippen LogP contribution in [-0.2, 0) is 4.79 Å². The summed E-state index contributed by atoms with van der Waals surface area (Å²) in [6, 6.07) is 6.72. The molecule has 0 radical (unpaired) electrons. The zero-order valence-corrected chi connectivity index (χ0v) is 15.2. The van der Waals surface area contributed by atoms with Crippen LogP contribution in [0.15, 0.2) is 29.2 Å². The van der Waals surface area contributed by atoms with E-state index >= 15 is 0 Å². The number of hydrogen-bond donors (Lipinski definition) is 1. The number of nitrogens with one attached hydrogen (secondary N) is 1. The number of benzene rings is 1. The number of amides is 1. The number of thioether (sulfide) groups is 1. The van der Waals surface area contributed by atoms with Gasteiger partial charge in [0.25, 0.3) is 0 Å². The van der Waals surface area contributed by atoms with Crippen molar-refractivity contribution in [1.29, 1.82) is 0 Å². The Morgan fingerprint density at radius 2 is 2.04 bits per heavy atom. The molecule has 0 aromatic heterocycles. The minimum absolute atomic E-state index is 0. The van der Waals surface area contributed by atoms with Gasteiger partial charge in [0, 0.05) is 30.2 Å². The second-order valence-corrected chi connectivity index (χ2v) is 6.80. The lowest BCUT2D eigenvalue weighted by atomic mass is 9.96. The van der Waals surface area contributed by atoms with Crippen molar-refractivity contribution in [3.63, 3.8) is 0 Å². The Hall–Kier alpha value is -0.780. The highest BCUT2D eigenvalue weighted by atomic mass is 35.5. The maximum Gasteiger partial charge on any atom is 0.223 e. The summed E-state index contributed by atoms with van der Waals surface area (Å²) >= 11 is 1.42. The molecule has 1 heterocycles. The smallest absolute Gasteiger partial charge is 0.223 e. The maximum atomic E-state index is 13.5. The van der Waals surface area contributed by atoms with Gasteiger partial charge in [-0.1, -0.05) is 19.1 Å². The standard InChI is InChI=1S/C17H25FN2OS.ClH/c1-2-19-13-14-7-10-20(11-8-14)17(21)9-12-22-16-6-4-3-5-15(16)18;/h3-6,14,19H,2,7-13H2,1H3;1H. The summed E-state index contributed by atoms with van der Waals surface area (Å²) in [4.78, 5) is 14.8. The SMILES string of the molecule is CCNCC1CCN(C(=O)CCSc2ccccc2F)CC1.Cl. The van der Waals surface area contributed by atoms with Crippen LogP contribution in [-0.4, -0.2) is 42.7 Å². The fourth-order valence-corrected chi connectivity index (χ4v) is 3.58. The lowest BCUT2D eigenvalue weighted by molar-refractivity contribution is -0.132. The predicted octanol–water partition coefficient (Wildman–Crippen LogP) is 3.58. The van der Waals surface area contributed by atoms with E-state index in [2.05, 4.69) is 12.2 Å². The first kappa shape index (κ1) is 20.3. The number of nitrogens with zero attached hydrogens (tertiary/aromatic N) is 1. The van der Waals surface area contributed by atoms with E-state index in [-0.39, 0.29) is 24.1 Å². The molecule has 0 aliphatic carbocycles. The molecule has 0 spiro atoms. The number of likely N-dealkylation sites (tertiary alicyclic amines) is 1. The Labute approximate surface area is 148 Å². The van der Waals surface area contributed by atoms with Gasteiger partial charge in [0.15, 0.2) is 0 Å². The van der Waals surface area contributed by atoms with Gasteiger partial charge in [-0.25, -0.2) is 4.39 Å². The van der Waals surface area contributed by atoms with Crippen LogP contribution in [0.1, 0.15) is 26.2 Å². The summed E-state index contributed by atoms with van der Waals surface area (Å²) in [5.74, 6) is 1.32. The molecule has 1 amide bonds. The van der Waals surface area contributed by atoms with Crippen molar-refractivity contribution in [2.75, 3.05) is 31.9 Å². The van der Waals surface area contributed by atoms with E-state index in [1.165, 1.54) is 17.8 Å². The molecule has 6 heteroatoms. The molecule has 1 fully saturated rings. The number of rotatable bonds is 7. The molecule has 2 rings (SSSR count). The predicted molar refractivity (Wildman–Crippen MR) is 96.8 cm³/mol. The van der Waals surface area contributed by atoms with E-state index < -0.39 is 0 Å². The first-order valence-corrected chi connectivity index (χ1v) is 9.05. The average molecular weight is 361 g/mol. The Morgan fingerprint density at radius 3 is 2.70 bits per heavy atom. The minimum atomic E-state index is -0.204. The van der Waals surface area contributed by atoms with Crippen molar-refractivity contribution in [2.45, 2.75) is 31.1 Å². The number of halogens is 2. The molecular formula is C17H26ClFN2OS. The second-order valence-electron chi connectivity index (χ2n) is 5.66. The van der Waals surface area contributed by atoms with Gasteiger partial charge >= 0.3 is 0 Å². The van der Waals surface area contributed by atoms with Gasteiger partial charge in [-0.05, 0) is 44.0 Å². The fourth-order valence-electron chi connectivity index (χ4n) is 2.70. The summed E-state index contributed by atoms with van der Waals surface area (Å²) in [5, 5.41) is 3.38. The van der Waals surface area contributed by atoms with Gasteiger partial charge < -0.3 is 10.2 Å². The molecule has 1 aliphatic rings. The number of carbonyl (C=O) groups is 1. The monoisotopic (exact) mass is 360 g/mol. The van der Waals surface area contributed by atoms with Crippen LogP contribution in [0.3, 0.4) is 0 Å². The lowest BCUT2D eigenvalue weighted by Crippen LogP contribution is -2.40. The van der Waals surface area contributed by atoms with Crippen LogP contribution in [0.4, 0.5) is 4.39 Å². The zero-order valence-electron chi connectivity index (χ0n) is 13.6. The van der Waals surface area contributed by atoms with E-state index in [1.807, 2.05) is 11.0 Å². The van der Waals surface area contributed by atoms with Crippen LogP contribution >= 0.6 is 24.2 Å². The first-order chi connectivity index (χ1) is 10.7. The van der Waals surface area contributed by atoms with Gasteiger partial charge in [-0.2, -0.15) is 0 Å². The van der Waals surface area contributed by atoms with Gasteiger partial charge in [-0.15, -0.1) is 24.2 Å². The molecule has 1 saturated heterocycles. The van der Waals surface area contributed by atoms with Crippen molar-refractivity contribution >= 4 is 30.1 Å². The van der Waals surface area contributed by atoms with Crippen molar-refractivity contribution in [3.05, 3.63) is 30.1 Å². The largest absolute Gasteiger partial charge is 0.343 e. The van der Waals surface area contributed by atoms with Crippen LogP contribution in [0, 0.1) is 11.7 Å². The van der Waals surface area contributed by atoms with Crippen molar-refractivity contribution in [2.24, 2.45) is 5.92 Å². The highest BCUT2D eigenvalue weighted by molar-refractivity contribution is 7.99. The molecule has 130 valence electrons. The molecule has 3 nitrogen and oxygen atoms in total. The van der Waals surface area contributed by atoms with Gasteiger partial charge in [0.05, 0.1) is 0 Å². The molecule has 1 aromatic rings. The first-order valence-electron chi connectivity index (χ1n) is 8.06. The summed E-state index contributed by atoms with van der Waals surface area (Å²) < 4.78 is 13.5. The average Bonchev–Trinajstić information content (AvgIpc) is 2.55. The van der Waals surface area contributed by atoms with Crippen LogP contribution in [0.5, 0.6) is 0 Å². The lowest BCUT2D eigenvalue weighted by Gasteiger charge is -2.32. The fraction of sp³-hybridized carbons (Fsp3) is 0.588. The number of carbonyl (C=O) groups excluding carboxylic acids is 1. The molecule has 1 aromatic carbocycles. The van der Waals surface area contributed by atoms with Gasteiger partial charge in [-0.3, -0.25) is 4.79 Å². The minimum Gasteiger partial charge on any atom is -0.343 e. The van der Waals surface area contributed by atoms with Crippen molar-refractivity contribution < 1.29 is 9.18 Å². The third-order valence-electron chi connectivity index (χ3n) is 4.06. The second kappa shape index (κ2) is 10.9. The molecule has 0 bridgehead atoms. The molecule has 23 heavy (non-hydrogen) atoms. The van der Waals surface area contributed by atoms with Crippen LogP contribution in [0.25, 0.3) is 0 Å². The third kappa shape index (κ3) is 6.69. The normalized spacial score (nSPS) is 15.3. The zero-order chi connectivity index (χ0) is 15.8. The molecule has 0 atom stereocenters. The van der Waals surface area contributed by atoms with Gasteiger partial charge in [0.1, 0.15) is 5.82 Å². The summed E-state index contributed by atoms with van der Waals surface area (Å²) in [7, 11) is 0. The summed E-state index contributed by atoms with van der Waals surface area (Å²) in [6.45, 7) is 5.90. The highest BCUT2D eigenvalue weighted by Gasteiger charge is 2.22. The Morgan fingerprint density at radius 1 is 1.35 bits per heavy atom. The topological polar surface area (TPSA) is 32.3 Å². The molecule has 0 saturated carbocycles. The Kier molecular flexibility index (Phi) is 9.60. The Bertz CT molecular complexity index is 481. The number of hydrogen-bond acceptors (Lipinski definition) is 3. The number of piperidine rings is 1. The van der Waals surface area contributed by atoms with Crippen LogP contribution < -0.4 is 5.32 Å².